The predicted molar refractivity (Wildman–Crippen MR) is 203 cm³/mol. The van der Waals surface area contributed by atoms with Gasteiger partial charge in [0.05, 0.1) is 11.0 Å². The first-order valence-electron chi connectivity index (χ1n) is 16.7. The van der Waals surface area contributed by atoms with Gasteiger partial charge >= 0.3 is 0 Å². The Balaban J connectivity index is 1.22. The molecule has 5 nitrogen and oxygen atoms in total. The second-order valence-electron chi connectivity index (χ2n) is 12.4. The zero-order valence-corrected chi connectivity index (χ0v) is 26.9. The lowest BCUT2D eigenvalue weighted by atomic mass is 9.99. The highest BCUT2D eigenvalue weighted by molar-refractivity contribution is 6.13. The molecular formula is C45H28N4O. The average molecular weight is 641 g/mol. The van der Waals surface area contributed by atoms with Crippen molar-refractivity contribution in [3.8, 4) is 51.0 Å². The minimum atomic E-state index is 0.590. The van der Waals surface area contributed by atoms with Gasteiger partial charge in [0.2, 0.25) is 0 Å². The van der Waals surface area contributed by atoms with Crippen molar-refractivity contribution < 1.29 is 4.42 Å². The maximum absolute atomic E-state index is 6.49. The number of fused-ring (bicyclic) bond motifs is 6. The normalized spacial score (nSPS) is 11.6. The molecule has 0 unspecified atom stereocenters. The summed E-state index contributed by atoms with van der Waals surface area (Å²) in [5.74, 6) is 1.82. The lowest BCUT2D eigenvalue weighted by molar-refractivity contribution is 0.669. The first-order valence-corrected chi connectivity index (χ1v) is 16.7. The maximum atomic E-state index is 6.49. The first-order chi connectivity index (χ1) is 24.8. The van der Waals surface area contributed by atoms with Crippen molar-refractivity contribution >= 4 is 43.7 Å². The van der Waals surface area contributed by atoms with E-state index in [1.54, 1.807) is 0 Å². The standard InChI is InChI=1S/C45H28N4O/c1-3-14-29(15-4-1)32-18-7-8-21-35(32)44-46-43(30-16-5-2-6-17-30)47-45(48-44)36-22-13-25-41-42(36)37-28-31(26-27-40(37)50-41)49-38-23-11-9-19-33(38)34-20-10-12-24-39(34)49/h1-28H. The van der Waals surface area contributed by atoms with E-state index in [9.17, 15) is 0 Å². The minimum Gasteiger partial charge on any atom is -0.456 e. The van der Waals surface area contributed by atoms with E-state index in [1.807, 2.05) is 54.6 Å². The Morgan fingerprint density at radius 3 is 1.66 bits per heavy atom. The summed E-state index contributed by atoms with van der Waals surface area (Å²) in [7, 11) is 0. The van der Waals surface area contributed by atoms with Gasteiger partial charge in [0.15, 0.2) is 17.5 Å². The number of furan rings is 1. The van der Waals surface area contributed by atoms with E-state index in [2.05, 4.69) is 120 Å². The van der Waals surface area contributed by atoms with E-state index in [0.29, 0.717) is 17.5 Å². The molecule has 3 heterocycles. The van der Waals surface area contributed by atoms with E-state index in [1.165, 1.54) is 10.8 Å². The summed E-state index contributed by atoms with van der Waals surface area (Å²) < 4.78 is 8.82. The molecule has 0 amide bonds. The van der Waals surface area contributed by atoms with Crippen molar-refractivity contribution in [1.82, 2.24) is 19.5 Å². The zero-order valence-electron chi connectivity index (χ0n) is 26.9. The largest absolute Gasteiger partial charge is 0.456 e. The fourth-order valence-corrected chi connectivity index (χ4v) is 7.22. The number of hydrogen-bond acceptors (Lipinski definition) is 4. The summed E-state index contributed by atoms with van der Waals surface area (Å²) >= 11 is 0. The molecule has 0 bridgehead atoms. The van der Waals surface area contributed by atoms with Gasteiger partial charge in [0, 0.05) is 43.9 Å². The van der Waals surface area contributed by atoms with Crippen LogP contribution >= 0.6 is 0 Å². The van der Waals surface area contributed by atoms with E-state index in [0.717, 1.165) is 66.5 Å². The van der Waals surface area contributed by atoms with E-state index in [4.69, 9.17) is 19.4 Å². The van der Waals surface area contributed by atoms with Crippen LogP contribution in [0.15, 0.2) is 174 Å². The molecule has 0 aliphatic heterocycles. The number of hydrogen-bond donors (Lipinski definition) is 0. The molecule has 0 N–H and O–H groups in total. The second-order valence-corrected chi connectivity index (χ2v) is 12.4. The van der Waals surface area contributed by atoms with Gasteiger partial charge in [0.25, 0.3) is 0 Å². The van der Waals surface area contributed by atoms with Gasteiger partial charge in [-0.25, -0.2) is 15.0 Å². The van der Waals surface area contributed by atoms with Crippen LogP contribution in [0.4, 0.5) is 0 Å². The highest BCUT2D eigenvalue weighted by Crippen LogP contribution is 2.40. The topological polar surface area (TPSA) is 56.7 Å². The number of nitrogens with zero attached hydrogens (tertiary/aromatic N) is 4. The van der Waals surface area contributed by atoms with Crippen LogP contribution in [0.25, 0.3) is 94.7 Å². The lowest BCUT2D eigenvalue weighted by Gasteiger charge is -2.12. The number of aromatic nitrogens is 4. The summed E-state index contributed by atoms with van der Waals surface area (Å²) in [4.78, 5) is 15.4. The van der Waals surface area contributed by atoms with Gasteiger partial charge in [-0.15, -0.1) is 0 Å². The smallest absolute Gasteiger partial charge is 0.164 e. The summed E-state index contributed by atoms with van der Waals surface area (Å²) in [6.45, 7) is 0. The predicted octanol–water partition coefficient (Wildman–Crippen LogP) is 11.5. The molecular weight excluding hydrogens is 613 g/mol. The quantitative estimate of drug-likeness (QED) is 0.188. The molecule has 0 atom stereocenters. The Morgan fingerprint density at radius 1 is 0.380 bits per heavy atom. The number of para-hydroxylation sites is 2. The third-order valence-electron chi connectivity index (χ3n) is 9.48. The minimum absolute atomic E-state index is 0.590. The maximum Gasteiger partial charge on any atom is 0.164 e. The van der Waals surface area contributed by atoms with E-state index >= 15 is 0 Å². The van der Waals surface area contributed by atoms with Crippen LogP contribution in [-0.4, -0.2) is 19.5 Å². The molecule has 10 aromatic rings. The lowest BCUT2D eigenvalue weighted by Crippen LogP contribution is -2.01. The van der Waals surface area contributed by atoms with Gasteiger partial charge in [-0.05, 0) is 47.5 Å². The Bertz CT molecular complexity index is 2820. The molecule has 0 aliphatic carbocycles. The second kappa shape index (κ2) is 11.4. The van der Waals surface area contributed by atoms with Crippen molar-refractivity contribution in [1.29, 1.82) is 0 Å². The third-order valence-corrected chi connectivity index (χ3v) is 9.48. The zero-order chi connectivity index (χ0) is 33.0. The van der Waals surface area contributed by atoms with E-state index < -0.39 is 0 Å². The van der Waals surface area contributed by atoms with Gasteiger partial charge in [-0.3, -0.25) is 0 Å². The number of rotatable bonds is 5. The molecule has 10 rings (SSSR count). The molecule has 0 radical (unpaired) electrons. The van der Waals surface area contributed by atoms with Crippen molar-refractivity contribution in [2.45, 2.75) is 0 Å². The molecule has 0 spiro atoms. The fourth-order valence-electron chi connectivity index (χ4n) is 7.22. The Labute approximate surface area is 287 Å². The summed E-state index contributed by atoms with van der Waals surface area (Å²) in [6.07, 6.45) is 0. The van der Waals surface area contributed by atoms with Gasteiger partial charge < -0.3 is 8.98 Å². The Morgan fingerprint density at radius 2 is 0.940 bits per heavy atom. The Kier molecular flexibility index (Phi) is 6.42. The van der Waals surface area contributed by atoms with Crippen LogP contribution in [0.3, 0.4) is 0 Å². The van der Waals surface area contributed by atoms with Crippen molar-refractivity contribution in [3.05, 3.63) is 170 Å². The van der Waals surface area contributed by atoms with Crippen LogP contribution in [-0.2, 0) is 0 Å². The van der Waals surface area contributed by atoms with Gasteiger partial charge in [-0.1, -0.05) is 133 Å². The van der Waals surface area contributed by atoms with Crippen LogP contribution in [0, 0.1) is 0 Å². The molecule has 0 aliphatic rings. The van der Waals surface area contributed by atoms with Crippen molar-refractivity contribution in [2.24, 2.45) is 0 Å². The van der Waals surface area contributed by atoms with Crippen LogP contribution in [0.5, 0.6) is 0 Å². The molecule has 0 saturated heterocycles. The van der Waals surface area contributed by atoms with E-state index in [-0.39, 0.29) is 0 Å². The molecule has 234 valence electrons. The summed E-state index contributed by atoms with van der Waals surface area (Å²) in [5, 5.41) is 4.42. The van der Waals surface area contributed by atoms with Gasteiger partial charge in [-0.2, -0.15) is 0 Å². The van der Waals surface area contributed by atoms with Gasteiger partial charge in [0.1, 0.15) is 11.2 Å². The molecule has 7 aromatic carbocycles. The molecule has 5 heteroatoms. The van der Waals surface area contributed by atoms with Crippen molar-refractivity contribution in [2.75, 3.05) is 0 Å². The molecule has 0 fully saturated rings. The Hall–Kier alpha value is -6.85. The SMILES string of the molecule is c1ccc(-c2nc(-c3ccccc3-c3ccccc3)nc(-c3cccc4oc5ccc(-n6c7ccccc7c7ccccc76)cc5c34)n2)cc1. The summed E-state index contributed by atoms with van der Waals surface area (Å²) in [6, 6.07) is 58.5. The fraction of sp³-hybridized carbons (Fsp3) is 0. The third kappa shape index (κ3) is 4.52. The van der Waals surface area contributed by atoms with Crippen LogP contribution in [0.1, 0.15) is 0 Å². The first kappa shape index (κ1) is 28.2. The van der Waals surface area contributed by atoms with Crippen LogP contribution < -0.4 is 0 Å². The van der Waals surface area contributed by atoms with Crippen LogP contribution in [0.2, 0.25) is 0 Å². The molecule has 50 heavy (non-hydrogen) atoms. The number of benzene rings is 7. The highest BCUT2D eigenvalue weighted by Gasteiger charge is 2.20. The molecule has 3 aromatic heterocycles. The molecule has 0 saturated carbocycles. The van der Waals surface area contributed by atoms with Crippen molar-refractivity contribution in [3.63, 3.8) is 0 Å². The highest BCUT2D eigenvalue weighted by atomic mass is 16.3. The summed E-state index contributed by atoms with van der Waals surface area (Å²) in [5.41, 5.74) is 9.89. The average Bonchev–Trinajstić information content (AvgIpc) is 3.74. The monoisotopic (exact) mass is 640 g/mol.